The Morgan fingerprint density at radius 1 is 0.971 bits per heavy atom. The Balaban J connectivity index is 1.48. The number of anilines is 1. The first-order valence-electron chi connectivity index (χ1n) is 11.6. The molecule has 0 unspecified atom stereocenters. The molecule has 7 heteroatoms. The third kappa shape index (κ3) is 4.61. The summed E-state index contributed by atoms with van der Waals surface area (Å²) in [7, 11) is 0. The molecule has 5 aromatic rings. The van der Waals surface area contributed by atoms with Crippen LogP contribution in [0.3, 0.4) is 0 Å². The first-order valence-corrected chi connectivity index (χ1v) is 11.6. The summed E-state index contributed by atoms with van der Waals surface area (Å²) in [6, 6.07) is 25.7. The van der Waals surface area contributed by atoms with Crippen molar-refractivity contribution in [1.29, 1.82) is 0 Å². The molecule has 0 aliphatic heterocycles. The van der Waals surface area contributed by atoms with Crippen LogP contribution in [0.15, 0.2) is 84.0 Å². The van der Waals surface area contributed by atoms with E-state index in [1.54, 1.807) is 6.21 Å². The van der Waals surface area contributed by atoms with Crippen LogP contribution in [0.1, 0.15) is 33.5 Å². The molecule has 0 saturated heterocycles. The third-order valence-electron chi connectivity index (χ3n) is 5.97. The van der Waals surface area contributed by atoms with Crippen LogP contribution in [-0.2, 0) is 6.42 Å². The smallest absolute Gasteiger partial charge is 0.257 e. The molecule has 3 N–H and O–H groups in total. The highest BCUT2D eigenvalue weighted by atomic mass is 16.1. The number of nitrogens with zero attached hydrogens (tertiary/aromatic N) is 4. The highest BCUT2D eigenvalue weighted by molar-refractivity contribution is 6.10. The summed E-state index contributed by atoms with van der Waals surface area (Å²) in [5.74, 6) is -0.0734. The number of carbonyl (C=O) groups excluding carboxylic acids is 1. The number of nitrogens with one attached hydrogen (secondary N) is 1. The van der Waals surface area contributed by atoms with Crippen molar-refractivity contribution in [3.63, 3.8) is 0 Å². The van der Waals surface area contributed by atoms with Gasteiger partial charge in [-0.1, -0.05) is 66.7 Å². The second kappa shape index (κ2) is 9.77. The molecule has 0 radical (unpaired) electrons. The second-order valence-electron chi connectivity index (χ2n) is 8.40. The Morgan fingerprint density at radius 3 is 2.43 bits per heavy atom. The SMILES string of the molecule is Cc1ccccc1C=Nn1c(N)c(C(=O)NCCCc2ccccc2)c2nc3ccccc3nc21. The summed E-state index contributed by atoms with van der Waals surface area (Å²) < 4.78 is 1.50. The Kier molecular flexibility index (Phi) is 6.22. The largest absolute Gasteiger partial charge is 0.383 e. The van der Waals surface area contributed by atoms with Gasteiger partial charge in [0.15, 0.2) is 5.65 Å². The van der Waals surface area contributed by atoms with Crippen LogP contribution in [0.25, 0.3) is 22.2 Å². The van der Waals surface area contributed by atoms with Gasteiger partial charge in [0.25, 0.3) is 5.91 Å². The van der Waals surface area contributed by atoms with Crippen molar-refractivity contribution in [1.82, 2.24) is 20.0 Å². The summed E-state index contributed by atoms with van der Waals surface area (Å²) >= 11 is 0. The average Bonchev–Trinajstić information content (AvgIpc) is 3.15. The maximum Gasteiger partial charge on any atom is 0.257 e. The fraction of sp³-hybridized carbons (Fsp3) is 0.143. The van der Waals surface area contributed by atoms with Crippen LogP contribution < -0.4 is 11.1 Å². The number of nitrogens with two attached hydrogens (primary N) is 1. The minimum absolute atomic E-state index is 0.209. The van der Waals surface area contributed by atoms with E-state index in [-0.39, 0.29) is 11.7 Å². The summed E-state index contributed by atoms with van der Waals surface area (Å²) in [5, 5.41) is 7.59. The average molecular weight is 463 g/mol. The normalized spacial score (nSPS) is 11.5. The standard InChI is InChI=1S/C28H26N6O/c1-19-10-5-6-14-21(19)18-31-34-26(29)24(25-27(34)33-23-16-8-7-15-22(23)32-25)28(35)30-17-9-13-20-11-3-2-4-12-20/h2-8,10-12,14-16,18H,9,13,17,29H2,1H3,(H,30,35). The summed E-state index contributed by atoms with van der Waals surface area (Å²) in [6.45, 7) is 2.54. The molecule has 0 aliphatic rings. The first-order chi connectivity index (χ1) is 17.1. The number of benzene rings is 3. The van der Waals surface area contributed by atoms with Crippen LogP contribution in [0.5, 0.6) is 0 Å². The van der Waals surface area contributed by atoms with Crippen molar-refractivity contribution < 1.29 is 4.79 Å². The molecule has 0 atom stereocenters. The van der Waals surface area contributed by atoms with E-state index >= 15 is 0 Å². The van der Waals surface area contributed by atoms with Crippen molar-refractivity contribution in [3.8, 4) is 0 Å². The van der Waals surface area contributed by atoms with Gasteiger partial charge in [-0.2, -0.15) is 9.78 Å². The quantitative estimate of drug-likeness (QED) is 0.270. The Morgan fingerprint density at radius 2 is 1.66 bits per heavy atom. The highest BCUT2D eigenvalue weighted by Crippen LogP contribution is 2.28. The lowest BCUT2D eigenvalue weighted by Gasteiger charge is -2.06. The lowest BCUT2D eigenvalue weighted by Crippen LogP contribution is -2.25. The van der Waals surface area contributed by atoms with Gasteiger partial charge in [-0.05, 0) is 48.6 Å². The van der Waals surface area contributed by atoms with Gasteiger partial charge in [-0.25, -0.2) is 9.97 Å². The van der Waals surface area contributed by atoms with Gasteiger partial charge >= 0.3 is 0 Å². The van der Waals surface area contributed by atoms with Crippen LogP contribution in [0.4, 0.5) is 5.82 Å². The second-order valence-corrected chi connectivity index (χ2v) is 8.40. The number of carbonyl (C=O) groups is 1. The maximum absolute atomic E-state index is 13.2. The zero-order chi connectivity index (χ0) is 24.2. The van der Waals surface area contributed by atoms with Gasteiger partial charge in [-0.15, -0.1) is 0 Å². The van der Waals surface area contributed by atoms with Gasteiger partial charge in [0.05, 0.1) is 17.2 Å². The molecular weight excluding hydrogens is 436 g/mol. The number of hydrogen-bond acceptors (Lipinski definition) is 5. The molecule has 0 saturated carbocycles. The number of aryl methyl sites for hydroxylation is 2. The Bertz CT molecular complexity index is 1540. The van der Waals surface area contributed by atoms with E-state index < -0.39 is 0 Å². The lowest BCUT2D eigenvalue weighted by atomic mass is 10.1. The Labute approximate surface area is 203 Å². The number of aromatic nitrogens is 3. The number of rotatable bonds is 7. The predicted octanol–water partition coefficient (Wildman–Crippen LogP) is 4.72. The zero-order valence-corrected chi connectivity index (χ0v) is 19.5. The van der Waals surface area contributed by atoms with E-state index in [9.17, 15) is 4.79 Å². The van der Waals surface area contributed by atoms with Crippen molar-refractivity contribution in [2.75, 3.05) is 12.3 Å². The number of hydrogen-bond donors (Lipinski definition) is 2. The van der Waals surface area contributed by atoms with Gasteiger partial charge in [0, 0.05) is 6.54 Å². The minimum Gasteiger partial charge on any atom is -0.383 e. The van der Waals surface area contributed by atoms with Crippen molar-refractivity contribution in [2.45, 2.75) is 19.8 Å². The van der Waals surface area contributed by atoms with E-state index in [2.05, 4.69) is 22.6 Å². The number of amides is 1. The van der Waals surface area contributed by atoms with Gasteiger partial charge in [0.2, 0.25) is 0 Å². The molecule has 0 aliphatic carbocycles. The Hall–Kier alpha value is -4.52. The molecule has 2 heterocycles. The molecule has 0 spiro atoms. The number of fused-ring (bicyclic) bond motifs is 2. The van der Waals surface area contributed by atoms with Crippen LogP contribution in [0, 0.1) is 6.92 Å². The molecular formula is C28H26N6O. The maximum atomic E-state index is 13.2. The fourth-order valence-corrected chi connectivity index (χ4v) is 4.07. The van der Waals surface area contributed by atoms with Crippen molar-refractivity contribution >= 4 is 40.1 Å². The van der Waals surface area contributed by atoms with E-state index in [0.717, 1.165) is 24.0 Å². The minimum atomic E-state index is -0.282. The zero-order valence-electron chi connectivity index (χ0n) is 19.5. The predicted molar refractivity (Wildman–Crippen MR) is 141 cm³/mol. The first kappa shape index (κ1) is 22.3. The molecule has 0 fully saturated rings. The monoisotopic (exact) mass is 462 g/mol. The third-order valence-corrected chi connectivity index (χ3v) is 5.97. The lowest BCUT2D eigenvalue weighted by molar-refractivity contribution is 0.0955. The molecule has 1 amide bonds. The fourth-order valence-electron chi connectivity index (χ4n) is 4.07. The number of nitrogen functional groups attached to an aromatic ring is 1. The van der Waals surface area contributed by atoms with Crippen LogP contribution >= 0.6 is 0 Å². The van der Waals surface area contributed by atoms with Gasteiger partial charge < -0.3 is 11.1 Å². The van der Waals surface area contributed by atoms with Crippen molar-refractivity contribution in [3.05, 3.63) is 101 Å². The van der Waals surface area contributed by atoms with E-state index in [1.807, 2.05) is 73.7 Å². The topological polar surface area (TPSA) is 98.2 Å². The molecule has 3 aromatic carbocycles. The van der Waals surface area contributed by atoms with E-state index in [0.29, 0.717) is 34.3 Å². The van der Waals surface area contributed by atoms with Gasteiger partial charge in [-0.3, -0.25) is 4.79 Å². The van der Waals surface area contributed by atoms with E-state index in [4.69, 9.17) is 15.7 Å². The molecule has 174 valence electrons. The van der Waals surface area contributed by atoms with Crippen LogP contribution in [0.2, 0.25) is 0 Å². The summed E-state index contributed by atoms with van der Waals surface area (Å²) in [6.07, 6.45) is 3.42. The highest BCUT2D eigenvalue weighted by Gasteiger charge is 2.23. The molecule has 5 rings (SSSR count). The molecule has 35 heavy (non-hydrogen) atoms. The van der Waals surface area contributed by atoms with Crippen molar-refractivity contribution in [2.24, 2.45) is 5.10 Å². The molecule has 7 nitrogen and oxygen atoms in total. The number of para-hydroxylation sites is 2. The molecule has 0 bridgehead atoms. The summed E-state index contributed by atoms with van der Waals surface area (Å²) in [4.78, 5) is 22.7. The van der Waals surface area contributed by atoms with Crippen LogP contribution in [-0.4, -0.2) is 33.3 Å². The van der Waals surface area contributed by atoms with E-state index in [1.165, 1.54) is 10.2 Å². The molecule has 2 aromatic heterocycles. The summed E-state index contributed by atoms with van der Waals surface area (Å²) in [5.41, 5.74) is 12.3. The van der Waals surface area contributed by atoms with Gasteiger partial charge in [0.1, 0.15) is 16.9 Å².